The zero-order valence-electron chi connectivity index (χ0n) is 12.9. The first-order chi connectivity index (χ1) is 10.1. The molecule has 1 saturated heterocycles. The minimum atomic E-state index is -0.0829. The number of ether oxygens (including phenoxy) is 1. The highest BCUT2D eigenvalue weighted by molar-refractivity contribution is 5.87. The van der Waals surface area contributed by atoms with Crippen LogP contribution in [-0.2, 0) is 11.2 Å². The van der Waals surface area contributed by atoms with Gasteiger partial charge in [0.15, 0.2) is 0 Å². The topological polar surface area (TPSA) is 29.5 Å². The Morgan fingerprint density at radius 2 is 2.14 bits per heavy atom. The number of carbonyl (C=O) groups excluding carboxylic acids is 1. The molecule has 1 aliphatic carbocycles. The molecule has 2 heterocycles. The molecule has 21 heavy (non-hydrogen) atoms. The van der Waals surface area contributed by atoms with Gasteiger partial charge in [-0.2, -0.15) is 0 Å². The number of benzene rings is 1. The van der Waals surface area contributed by atoms with Gasteiger partial charge in [0.25, 0.3) is 0 Å². The van der Waals surface area contributed by atoms with E-state index >= 15 is 0 Å². The molecule has 112 valence electrons. The van der Waals surface area contributed by atoms with Crippen molar-refractivity contribution in [2.45, 2.75) is 51.1 Å². The second kappa shape index (κ2) is 4.57. The minimum Gasteiger partial charge on any atom is -0.497 e. The summed E-state index contributed by atoms with van der Waals surface area (Å²) in [5, 5.41) is 0. The first kappa shape index (κ1) is 13.3. The molecule has 3 aliphatic rings. The first-order valence-corrected chi connectivity index (χ1v) is 8.09. The summed E-state index contributed by atoms with van der Waals surface area (Å²) in [5.41, 5.74) is 2.81. The van der Waals surface area contributed by atoms with E-state index in [9.17, 15) is 4.79 Å². The Kier molecular flexibility index (Phi) is 2.90. The first-order valence-electron chi connectivity index (χ1n) is 8.09. The molecular weight excluding hydrogens is 262 g/mol. The van der Waals surface area contributed by atoms with E-state index in [4.69, 9.17) is 4.74 Å². The van der Waals surface area contributed by atoms with E-state index in [0.717, 1.165) is 44.4 Å². The largest absolute Gasteiger partial charge is 0.497 e. The number of piperidine rings is 1. The molecule has 0 unspecified atom stereocenters. The molecule has 1 saturated carbocycles. The second-order valence-corrected chi connectivity index (χ2v) is 7.00. The van der Waals surface area contributed by atoms with Crippen LogP contribution in [-0.4, -0.2) is 30.4 Å². The standard InChI is InChI=1S/C18H23NO2/c1-18-9-7-15-14-4-3-13(21-2)11-12(14)8-10-19(15)16(18)5-6-17(18)20/h3-4,11,15-16H,5-10H2,1-2H3/t15-,16+,18-/m0/s1. The highest BCUT2D eigenvalue weighted by atomic mass is 16.5. The zero-order chi connectivity index (χ0) is 14.6. The third-order valence-corrected chi connectivity index (χ3v) is 6.10. The molecule has 3 heteroatoms. The summed E-state index contributed by atoms with van der Waals surface area (Å²) >= 11 is 0. The van der Waals surface area contributed by atoms with Crippen LogP contribution in [0.4, 0.5) is 0 Å². The average Bonchev–Trinajstić information content (AvgIpc) is 2.82. The molecule has 3 nitrogen and oxygen atoms in total. The fraction of sp³-hybridized carbons (Fsp3) is 0.611. The van der Waals surface area contributed by atoms with Crippen LogP contribution < -0.4 is 4.74 Å². The predicted molar refractivity (Wildman–Crippen MR) is 81.5 cm³/mol. The number of methoxy groups -OCH3 is 1. The van der Waals surface area contributed by atoms with Gasteiger partial charge in [0.05, 0.1) is 7.11 Å². The minimum absolute atomic E-state index is 0.0829. The Hall–Kier alpha value is -1.35. The Bertz CT molecular complexity index is 597. The lowest BCUT2D eigenvalue weighted by Gasteiger charge is -2.51. The summed E-state index contributed by atoms with van der Waals surface area (Å²) in [5.74, 6) is 1.45. The summed E-state index contributed by atoms with van der Waals surface area (Å²) in [6, 6.07) is 7.48. The third-order valence-electron chi connectivity index (χ3n) is 6.10. The number of ketones is 1. The van der Waals surface area contributed by atoms with Crippen molar-refractivity contribution < 1.29 is 9.53 Å². The van der Waals surface area contributed by atoms with Crippen LogP contribution in [0.25, 0.3) is 0 Å². The van der Waals surface area contributed by atoms with Crippen LogP contribution in [0.5, 0.6) is 5.75 Å². The molecule has 1 aromatic carbocycles. The lowest BCUT2D eigenvalue weighted by atomic mass is 9.71. The van der Waals surface area contributed by atoms with E-state index in [-0.39, 0.29) is 5.41 Å². The highest BCUT2D eigenvalue weighted by Crippen LogP contribution is 2.52. The van der Waals surface area contributed by atoms with Gasteiger partial charge in [0.2, 0.25) is 0 Å². The van der Waals surface area contributed by atoms with Gasteiger partial charge >= 0.3 is 0 Å². The number of fused-ring (bicyclic) bond motifs is 5. The van der Waals surface area contributed by atoms with Crippen molar-refractivity contribution in [3.63, 3.8) is 0 Å². The van der Waals surface area contributed by atoms with Crippen LogP contribution in [0.2, 0.25) is 0 Å². The fourth-order valence-corrected chi connectivity index (χ4v) is 4.86. The summed E-state index contributed by atoms with van der Waals surface area (Å²) < 4.78 is 5.36. The normalized spacial score (nSPS) is 35.0. The van der Waals surface area contributed by atoms with Crippen LogP contribution in [0.3, 0.4) is 0 Å². The van der Waals surface area contributed by atoms with E-state index < -0.39 is 0 Å². The summed E-state index contributed by atoms with van der Waals surface area (Å²) in [4.78, 5) is 14.9. The quantitative estimate of drug-likeness (QED) is 0.794. The van der Waals surface area contributed by atoms with Crippen LogP contribution >= 0.6 is 0 Å². The molecule has 0 amide bonds. The van der Waals surface area contributed by atoms with E-state index in [2.05, 4.69) is 30.0 Å². The van der Waals surface area contributed by atoms with Gasteiger partial charge in [-0.05, 0) is 48.9 Å². The molecule has 2 fully saturated rings. The summed E-state index contributed by atoms with van der Waals surface area (Å²) in [6.07, 6.45) is 5.06. The number of rotatable bonds is 1. The van der Waals surface area contributed by atoms with Crippen LogP contribution in [0.15, 0.2) is 18.2 Å². The van der Waals surface area contributed by atoms with E-state index in [1.807, 2.05) is 0 Å². The van der Waals surface area contributed by atoms with Crippen molar-refractivity contribution in [1.29, 1.82) is 0 Å². The Labute approximate surface area is 126 Å². The molecule has 4 rings (SSSR count). The number of nitrogens with zero attached hydrogens (tertiary/aromatic N) is 1. The van der Waals surface area contributed by atoms with Crippen molar-refractivity contribution in [3.8, 4) is 5.75 Å². The van der Waals surface area contributed by atoms with Crippen molar-refractivity contribution >= 4 is 5.78 Å². The zero-order valence-corrected chi connectivity index (χ0v) is 12.9. The third kappa shape index (κ3) is 1.80. The molecule has 0 bridgehead atoms. The molecule has 0 spiro atoms. The van der Waals surface area contributed by atoms with Crippen molar-refractivity contribution in [3.05, 3.63) is 29.3 Å². The maximum atomic E-state index is 12.3. The van der Waals surface area contributed by atoms with Gasteiger partial charge in [-0.1, -0.05) is 13.0 Å². The highest BCUT2D eigenvalue weighted by Gasteiger charge is 2.53. The van der Waals surface area contributed by atoms with Gasteiger partial charge in [-0.15, -0.1) is 0 Å². The van der Waals surface area contributed by atoms with Gasteiger partial charge in [0.1, 0.15) is 11.5 Å². The fourth-order valence-electron chi connectivity index (χ4n) is 4.86. The number of carbonyl (C=O) groups is 1. The Morgan fingerprint density at radius 1 is 1.29 bits per heavy atom. The van der Waals surface area contributed by atoms with Crippen molar-refractivity contribution in [1.82, 2.24) is 4.90 Å². The summed E-state index contributed by atoms with van der Waals surface area (Å²) in [7, 11) is 1.73. The molecular formula is C18H23NO2. The van der Waals surface area contributed by atoms with Gasteiger partial charge in [-0.25, -0.2) is 0 Å². The smallest absolute Gasteiger partial charge is 0.140 e. The number of hydrogen-bond acceptors (Lipinski definition) is 3. The van der Waals surface area contributed by atoms with E-state index in [1.165, 1.54) is 11.1 Å². The molecule has 2 aliphatic heterocycles. The van der Waals surface area contributed by atoms with Crippen LogP contribution in [0.1, 0.15) is 49.8 Å². The predicted octanol–water partition coefficient (Wildman–Crippen LogP) is 3.13. The average molecular weight is 285 g/mol. The molecule has 0 N–H and O–H groups in total. The lowest BCUT2D eigenvalue weighted by Crippen LogP contribution is -2.53. The Balaban J connectivity index is 1.70. The lowest BCUT2D eigenvalue weighted by molar-refractivity contribution is -0.130. The van der Waals surface area contributed by atoms with Gasteiger partial charge in [-0.3, -0.25) is 9.69 Å². The Morgan fingerprint density at radius 3 is 2.95 bits per heavy atom. The SMILES string of the molecule is COc1ccc2c(c1)CCN1[C@H]2CC[C@]2(C)C(=O)CC[C@@H]12. The van der Waals surface area contributed by atoms with E-state index in [1.54, 1.807) is 7.11 Å². The van der Waals surface area contributed by atoms with Crippen LogP contribution in [0, 0.1) is 5.41 Å². The molecule has 0 radical (unpaired) electrons. The second-order valence-electron chi connectivity index (χ2n) is 7.00. The molecule has 3 atom stereocenters. The van der Waals surface area contributed by atoms with Crippen molar-refractivity contribution in [2.24, 2.45) is 5.41 Å². The van der Waals surface area contributed by atoms with Gasteiger partial charge < -0.3 is 4.74 Å². The van der Waals surface area contributed by atoms with Crippen molar-refractivity contribution in [2.75, 3.05) is 13.7 Å². The van der Waals surface area contributed by atoms with Gasteiger partial charge in [0, 0.05) is 30.5 Å². The monoisotopic (exact) mass is 285 g/mol. The molecule has 0 aromatic heterocycles. The molecule has 1 aromatic rings. The summed E-state index contributed by atoms with van der Waals surface area (Å²) in [6.45, 7) is 3.28. The maximum Gasteiger partial charge on any atom is 0.140 e. The maximum absolute atomic E-state index is 12.3. The number of Topliss-reactive ketones (excluding diaryl/α,β-unsaturated/α-hetero) is 1. The number of hydrogen-bond donors (Lipinski definition) is 0. The van der Waals surface area contributed by atoms with E-state index in [0.29, 0.717) is 17.9 Å².